The Balaban J connectivity index is 1.59. The average Bonchev–Trinajstić information content (AvgIpc) is 3.01. The van der Waals surface area contributed by atoms with Gasteiger partial charge in [-0.25, -0.2) is 0 Å². The maximum absolute atomic E-state index is 8.91. The molecule has 0 radical (unpaired) electrons. The molecule has 0 aliphatic heterocycles. The third-order valence-corrected chi connectivity index (χ3v) is 7.98. The van der Waals surface area contributed by atoms with Crippen molar-refractivity contribution in [2.75, 3.05) is 19.8 Å². The van der Waals surface area contributed by atoms with Crippen LogP contribution in [0.5, 0.6) is 5.75 Å². The fourth-order valence-corrected chi connectivity index (χ4v) is 6.67. The van der Waals surface area contributed by atoms with Crippen molar-refractivity contribution in [3.63, 3.8) is 0 Å². The molecule has 5 unspecified atom stereocenters. The van der Waals surface area contributed by atoms with E-state index in [9.17, 15) is 0 Å². The van der Waals surface area contributed by atoms with Crippen molar-refractivity contribution in [3.8, 4) is 5.75 Å². The van der Waals surface area contributed by atoms with Gasteiger partial charge in [0.15, 0.2) is 0 Å². The van der Waals surface area contributed by atoms with E-state index in [0.29, 0.717) is 24.5 Å². The smallest absolute Gasteiger partial charge is 0.122 e. The Morgan fingerprint density at radius 2 is 2.19 bits per heavy atom. The van der Waals surface area contributed by atoms with Crippen LogP contribution in [0.25, 0.3) is 0 Å². The molecule has 2 fully saturated rings. The minimum absolute atomic E-state index is 0.104. The SMILES string of the molecule is C[C@@H]1Cc2cc(OP)ccc2C2CCC3(C)/C(=C/COCCO)CCC3C21. The van der Waals surface area contributed by atoms with Crippen LogP contribution in [0.15, 0.2) is 29.8 Å². The summed E-state index contributed by atoms with van der Waals surface area (Å²) in [6, 6.07) is 6.71. The topological polar surface area (TPSA) is 38.7 Å². The van der Waals surface area contributed by atoms with Crippen molar-refractivity contribution in [1.29, 1.82) is 0 Å². The molecular formula is C23H33O3P. The summed E-state index contributed by atoms with van der Waals surface area (Å²) >= 11 is 0. The number of aliphatic hydroxyl groups is 1. The highest BCUT2D eigenvalue weighted by atomic mass is 31.0. The van der Waals surface area contributed by atoms with Gasteiger partial charge < -0.3 is 14.4 Å². The van der Waals surface area contributed by atoms with Crippen LogP contribution in [0.2, 0.25) is 0 Å². The van der Waals surface area contributed by atoms with Crippen molar-refractivity contribution in [1.82, 2.24) is 0 Å². The summed E-state index contributed by atoms with van der Waals surface area (Å²) < 4.78 is 10.9. The number of rotatable bonds is 5. The van der Waals surface area contributed by atoms with Gasteiger partial charge >= 0.3 is 0 Å². The standard InChI is InChI=1S/C23H33O3P/c1-15-13-16-14-18(26-27)4-5-19(16)20-7-9-23(2)17(8-11-25-12-10-24)3-6-21(23)22(15)20/h4-5,8,14-15,20-22,24H,3,6-7,9-13,27H2,1-2H3/b17-8+/t15-,20?,21?,22?,23?/m1/s1. The molecule has 4 rings (SSSR count). The van der Waals surface area contributed by atoms with Crippen molar-refractivity contribution < 1.29 is 14.4 Å². The first-order valence-corrected chi connectivity index (χ1v) is 10.9. The van der Waals surface area contributed by atoms with Gasteiger partial charge in [0.2, 0.25) is 0 Å². The lowest BCUT2D eigenvalue weighted by molar-refractivity contribution is 0.0482. The molecule has 0 amide bonds. The minimum atomic E-state index is 0.104. The van der Waals surface area contributed by atoms with Gasteiger partial charge in [0.25, 0.3) is 0 Å². The molecule has 2 saturated carbocycles. The van der Waals surface area contributed by atoms with Gasteiger partial charge in [-0.1, -0.05) is 31.6 Å². The van der Waals surface area contributed by atoms with Crippen LogP contribution < -0.4 is 4.52 Å². The normalized spacial score (nSPS) is 36.2. The van der Waals surface area contributed by atoms with Crippen LogP contribution in [0, 0.1) is 23.2 Å². The van der Waals surface area contributed by atoms with E-state index in [2.05, 4.69) is 47.6 Å². The van der Waals surface area contributed by atoms with Crippen LogP contribution in [0.1, 0.15) is 56.6 Å². The molecule has 27 heavy (non-hydrogen) atoms. The third kappa shape index (κ3) is 3.37. The van der Waals surface area contributed by atoms with E-state index in [1.54, 1.807) is 11.1 Å². The second-order valence-corrected chi connectivity index (χ2v) is 9.21. The molecule has 4 heteroatoms. The van der Waals surface area contributed by atoms with Crippen LogP contribution in [-0.4, -0.2) is 24.9 Å². The predicted octanol–water partition coefficient (Wildman–Crippen LogP) is 4.89. The zero-order valence-corrected chi connectivity index (χ0v) is 17.8. The lowest BCUT2D eigenvalue weighted by Gasteiger charge is -2.52. The Morgan fingerprint density at radius 1 is 1.33 bits per heavy atom. The van der Waals surface area contributed by atoms with Gasteiger partial charge in [0, 0.05) is 0 Å². The number of fused-ring (bicyclic) bond motifs is 5. The van der Waals surface area contributed by atoms with Crippen molar-refractivity contribution in [2.24, 2.45) is 23.2 Å². The van der Waals surface area contributed by atoms with E-state index in [1.165, 1.54) is 37.7 Å². The fraction of sp³-hybridized carbons (Fsp3) is 0.652. The molecule has 6 atom stereocenters. The lowest BCUT2D eigenvalue weighted by Crippen LogP contribution is -2.43. The van der Waals surface area contributed by atoms with E-state index in [1.807, 2.05) is 0 Å². The summed E-state index contributed by atoms with van der Waals surface area (Å²) in [5, 5.41) is 8.91. The van der Waals surface area contributed by atoms with Gasteiger partial charge in [-0.05, 0) is 84.5 Å². The van der Waals surface area contributed by atoms with E-state index in [0.717, 1.165) is 23.5 Å². The van der Waals surface area contributed by atoms with Gasteiger partial charge in [0.05, 0.1) is 29.3 Å². The molecule has 3 aliphatic carbocycles. The summed E-state index contributed by atoms with van der Waals surface area (Å²) in [6.07, 6.45) is 8.58. The van der Waals surface area contributed by atoms with E-state index in [4.69, 9.17) is 14.4 Å². The molecule has 148 valence electrons. The average molecular weight is 388 g/mol. The Morgan fingerprint density at radius 3 is 2.96 bits per heavy atom. The molecule has 0 saturated heterocycles. The number of hydrogen-bond acceptors (Lipinski definition) is 3. The Hall–Kier alpha value is -0.890. The summed E-state index contributed by atoms with van der Waals surface area (Å²) in [4.78, 5) is 0. The van der Waals surface area contributed by atoms with Crippen LogP contribution >= 0.6 is 9.47 Å². The summed E-state index contributed by atoms with van der Waals surface area (Å²) in [5.41, 5.74) is 5.01. The highest BCUT2D eigenvalue weighted by Gasteiger charge is 2.54. The summed E-state index contributed by atoms with van der Waals surface area (Å²) in [5.74, 6) is 3.94. The summed E-state index contributed by atoms with van der Waals surface area (Å²) in [7, 11) is 2.37. The number of ether oxygens (including phenoxy) is 1. The quantitative estimate of drug-likeness (QED) is 0.443. The maximum Gasteiger partial charge on any atom is 0.122 e. The van der Waals surface area contributed by atoms with Crippen molar-refractivity contribution >= 4 is 9.47 Å². The van der Waals surface area contributed by atoms with E-state index >= 15 is 0 Å². The van der Waals surface area contributed by atoms with Crippen molar-refractivity contribution in [3.05, 3.63) is 41.0 Å². The van der Waals surface area contributed by atoms with Gasteiger partial charge in [0.1, 0.15) is 5.75 Å². The Kier molecular flexibility index (Phi) is 5.65. The molecule has 1 aromatic carbocycles. The third-order valence-electron chi connectivity index (χ3n) is 7.71. The molecule has 0 spiro atoms. The van der Waals surface area contributed by atoms with E-state index in [-0.39, 0.29) is 6.61 Å². The molecule has 1 N–H and O–H groups in total. The van der Waals surface area contributed by atoms with Gasteiger partial charge in [-0.15, -0.1) is 0 Å². The fourth-order valence-electron chi connectivity index (χ4n) is 6.52. The molecule has 0 aromatic heterocycles. The molecule has 0 bridgehead atoms. The summed E-state index contributed by atoms with van der Waals surface area (Å²) in [6.45, 7) is 6.15. The molecule has 3 aliphatic rings. The number of hydrogen-bond donors (Lipinski definition) is 1. The monoisotopic (exact) mass is 388 g/mol. The molecule has 1 aromatic rings. The number of benzene rings is 1. The second-order valence-electron chi connectivity index (χ2n) is 8.97. The Bertz CT molecular complexity index is 716. The van der Waals surface area contributed by atoms with Crippen LogP contribution in [0.3, 0.4) is 0 Å². The number of allylic oxidation sites excluding steroid dienone is 1. The van der Waals surface area contributed by atoms with Crippen molar-refractivity contribution in [2.45, 2.75) is 51.9 Å². The first-order valence-electron chi connectivity index (χ1n) is 10.5. The van der Waals surface area contributed by atoms with Gasteiger partial charge in [-0.2, -0.15) is 0 Å². The lowest BCUT2D eigenvalue weighted by atomic mass is 9.52. The molecule has 3 nitrogen and oxygen atoms in total. The predicted molar refractivity (Wildman–Crippen MR) is 112 cm³/mol. The maximum atomic E-state index is 8.91. The highest BCUT2D eigenvalue weighted by Crippen LogP contribution is 2.63. The Labute approximate surface area is 165 Å². The highest BCUT2D eigenvalue weighted by molar-refractivity contribution is 7.10. The first-order chi connectivity index (χ1) is 13.1. The molecule has 0 heterocycles. The van der Waals surface area contributed by atoms with Crippen LogP contribution in [-0.2, 0) is 11.2 Å². The van der Waals surface area contributed by atoms with Gasteiger partial charge in [-0.3, -0.25) is 0 Å². The zero-order valence-electron chi connectivity index (χ0n) is 16.6. The number of aliphatic hydroxyl groups excluding tert-OH is 1. The zero-order chi connectivity index (χ0) is 19.0. The first kappa shape index (κ1) is 19.4. The van der Waals surface area contributed by atoms with E-state index < -0.39 is 0 Å². The molecular weight excluding hydrogens is 355 g/mol. The minimum Gasteiger partial charge on any atom is -0.480 e. The largest absolute Gasteiger partial charge is 0.480 e. The van der Waals surface area contributed by atoms with Crippen LogP contribution in [0.4, 0.5) is 0 Å². The second kappa shape index (κ2) is 7.85.